The predicted molar refractivity (Wildman–Crippen MR) is 81.0 cm³/mol. The quantitative estimate of drug-likeness (QED) is 0.347. The number of anilines is 1. The number of para-hydroxylation sites is 1. The zero-order valence-electron chi connectivity index (χ0n) is 11.8. The molecule has 1 rings (SSSR count). The lowest BCUT2D eigenvalue weighted by molar-refractivity contribution is 0.284. The van der Waals surface area contributed by atoms with Gasteiger partial charge >= 0.3 is 10.4 Å². The van der Waals surface area contributed by atoms with E-state index in [2.05, 4.69) is 4.18 Å². The first-order valence-electron chi connectivity index (χ1n) is 5.73. The van der Waals surface area contributed by atoms with Gasteiger partial charge in [0.05, 0.1) is 18.0 Å². The average Bonchev–Trinajstić information content (AvgIpc) is 2.33. The maximum Gasteiger partial charge on any atom is 0.397 e. The standard InChI is InChI=1S/C8H11NO12S4/c10-22(11,5-4-21-25(18,19)20)9-8-6(23(12,13)14)2-1-3-7(8)24(15,16)17/h1-3,9H,4-5H2,(H,12,13,14)(H,15,16,17)(H,18,19,20). The van der Waals surface area contributed by atoms with Gasteiger partial charge in [-0.3, -0.25) is 18.4 Å². The van der Waals surface area contributed by atoms with Crippen LogP contribution in [0.15, 0.2) is 28.0 Å². The van der Waals surface area contributed by atoms with E-state index in [1.54, 1.807) is 0 Å². The van der Waals surface area contributed by atoms with Crippen molar-refractivity contribution in [2.24, 2.45) is 0 Å². The molecule has 0 atom stereocenters. The largest absolute Gasteiger partial charge is 0.397 e. The summed E-state index contributed by atoms with van der Waals surface area (Å²) in [6.07, 6.45) is 0. The Labute approximate surface area is 143 Å². The van der Waals surface area contributed by atoms with Crippen LogP contribution in [0.4, 0.5) is 5.69 Å². The molecule has 0 aliphatic rings. The Kier molecular flexibility index (Phi) is 6.17. The van der Waals surface area contributed by atoms with Crippen LogP contribution in [0, 0.1) is 0 Å². The third-order valence-corrected chi connectivity index (χ3v) is 5.86. The van der Waals surface area contributed by atoms with E-state index in [9.17, 15) is 33.7 Å². The minimum absolute atomic E-state index is 0.649. The molecule has 13 nitrogen and oxygen atoms in total. The molecule has 1 aromatic carbocycles. The van der Waals surface area contributed by atoms with Crippen LogP contribution in [0.25, 0.3) is 0 Å². The van der Waals surface area contributed by atoms with E-state index in [-0.39, 0.29) is 0 Å². The molecule has 4 N–H and O–H groups in total. The SMILES string of the molecule is O=S(=O)(CCOS(=O)(=O)O)Nc1c(S(=O)(=O)O)cccc1S(=O)(=O)O. The van der Waals surface area contributed by atoms with Crippen molar-refractivity contribution in [3.8, 4) is 0 Å². The Morgan fingerprint density at radius 3 is 1.64 bits per heavy atom. The first kappa shape index (κ1) is 21.7. The third kappa shape index (κ3) is 6.82. The summed E-state index contributed by atoms with van der Waals surface area (Å²) in [5.74, 6) is -1.16. The van der Waals surface area contributed by atoms with Gasteiger partial charge in [-0.15, -0.1) is 0 Å². The monoisotopic (exact) mass is 441 g/mol. The number of nitrogens with one attached hydrogen (secondary N) is 1. The van der Waals surface area contributed by atoms with E-state index in [0.717, 1.165) is 6.07 Å². The lowest BCUT2D eigenvalue weighted by Gasteiger charge is -2.13. The van der Waals surface area contributed by atoms with Crippen molar-refractivity contribution in [3.63, 3.8) is 0 Å². The van der Waals surface area contributed by atoms with E-state index in [4.69, 9.17) is 13.7 Å². The van der Waals surface area contributed by atoms with E-state index < -0.39 is 68.5 Å². The van der Waals surface area contributed by atoms with Crippen molar-refractivity contribution < 1.29 is 51.5 Å². The molecule has 144 valence electrons. The topological polar surface area (TPSA) is 219 Å². The molecule has 0 spiro atoms. The number of benzene rings is 1. The fourth-order valence-electron chi connectivity index (χ4n) is 1.50. The number of hydrogen-bond donors (Lipinski definition) is 4. The predicted octanol–water partition coefficient (Wildman–Crippen LogP) is -1.26. The van der Waals surface area contributed by atoms with E-state index in [0.29, 0.717) is 12.1 Å². The summed E-state index contributed by atoms with van der Waals surface area (Å²) in [4.78, 5) is -2.36. The van der Waals surface area contributed by atoms with Crippen LogP contribution in [0.1, 0.15) is 0 Å². The molecule has 0 aliphatic carbocycles. The zero-order valence-corrected chi connectivity index (χ0v) is 15.1. The molecular formula is C8H11NO12S4. The Morgan fingerprint density at radius 2 is 1.28 bits per heavy atom. The van der Waals surface area contributed by atoms with E-state index in [1.165, 1.54) is 4.72 Å². The van der Waals surface area contributed by atoms with Crippen molar-refractivity contribution in [2.75, 3.05) is 17.1 Å². The molecule has 1 aromatic rings. The summed E-state index contributed by atoms with van der Waals surface area (Å²) in [5, 5.41) is 0. The molecule has 0 fully saturated rings. The van der Waals surface area contributed by atoms with Gasteiger partial charge in [-0.1, -0.05) is 6.07 Å². The third-order valence-electron chi connectivity index (χ3n) is 2.39. The highest BCUT2D eigenvalue weighted by atomic mass is 32.3. The maximum absolute atomic E-state index is 11.8. The lowest BCUT2D eigenvalue weighted by atomic mass is 10.3. The summed E-state index contributed by atoms with van der Waals surface area (Å²) >= 11 is 0. The van der Waals surface area contributed by atoms with Crippen molar-refractivity contribution in [3.05, 3.63) is 18.2 Å². The highest BCUT2D eigenvalue weighted by molar-refractivity contribution is 7.93. The first-order valence-corrected chi connectivity index (χ1v) is 11.6. The van der Waals surface area contributed by atoms with Crippen molar-refractivity contribution in [2.45, 2.75) is 9.79 Å². The van der Waals surface area contributed by atoms with Gasteiger partial charge in [0.25, 0.3) is 20.2 Å². The van der Waals surface area contributed by atoms with Gasteiger partial charge in [0, 0.05) is 0 Å². The van der Waals surface area contributed by atoms with Crippen molar-refractivity contribution in [1.82, 2.24) is 0 Å². The summed E-state index contributed by atoms with van der Waals surface area (Å²) in [7, 11) is -19.8. The minimum atomic E-state index is -5.10. The van der Waals surface area contributed by atoms with Gasteiger partial charge in [0.1, 0.15) is 9.79 Å². The molecule has 0 radical (unpaired) electrons. The molecular weight excluding hydrogens is 430 g/mol. The molecule has 0 bridgehead atoms. The molecule has 0 aromatic heterocycles. The van der Waals surface area contributed by atoms with Gasteiger partial charge in [0.2, 0.25) is 10.0 Å². The Morgan fingerprint density at radius 1 is 0.840 bits per heavy atom. The molecule has 0 heterocycles. The lowest BCUT2D eigenvalue weighted by Crippen LogP contribution is -2.23. The second-order valence-electron chi connectivity index (χ2n) is 4.25. The van der Waals surface area contributed by atoms with Gasteiger partial charge in [0.15, 0.2) is 0 Å². The molecule has 0 saturated carbocycles. The number of hydrogen-bond acceptors (Lipinski definition) is 9. The minimum Gasteiger partial charge on any atom is -0.282 e. The van der Waals surface area contributed by atoms with Gasteiger partial charge in [-0.2, -0.15) is 25.3 Å². The fraction of sp³-hybridized carbons (Fsp3) is 0.250. The molecule has 0 saturated heterocycles. The average molecular weight is 441 g/mol. The van der Waals surface area contributed by atoms with E-state index in [1.807, 2.05) is 0 Å². The second-order valence-corrected chi connectivity index (χ2v) is 9.96. The van der Waals surface area contributed by atoms with Crippen LogP contribution in [-0.4, -0.2) is 59.7 Å². The summed E-state index contributed by atoms with van der Waals surface area (Å²) < 4.78 is 121. The van der Waals surface area contributed by atoms with Crippen molar-refractivity contribution in [1.29, 1.82) is 0 Å². The summed E-state index contributed by atoms with van der Waals surface area (Å²) in [5.41, 5.74) is -1.18. The van der Waals surface area contributed by atoms with Gasteiger partial charge < -0.3 is 0 Å². The molecule has 25 heavy (non-hydrogen) atoms. The number of sulfonamides is 1. The van der Waals surface area contributed by atoms with Crippen LogP contribution >= 0.6 is 0 Å². The molecule has 0 aliphatic heterocycles. The van der Waals surface area contributed by atoms with Gasteiger partial charge in [-0.25, -0.2) is 12.6 Å². The molecule has 17 heteroatoms. The van der Waals surface area contributed by atoms with Crippen LogP contribution in [0.5, 0.6) is 0 Å². The Bertz CT molecular complexity index is 1020. The van der Waals surface area contributed by atoms with Crippen LogP contribution in [-0.2, 0) is 44.8 Å². The van der Waals surface area contributed by atoms with Crippen LogP contribution in [0.3, 0.4) is 0 Å². The molecule has 0 amide bonds. The fourth-order valence-corrected chi connectivity index (χ4v) is 4.37. The first-order chi connectivity index (χ1) is 11.0. The zero-order chi connectivity index (χ0) is 19.7. The van der Waals surface area contributed by atoms with Gasteiger partial charge in [-0.05, 0) is 12.1 Å². The second kappa shape index (κ2) is 7.11. The summed E-state index contributed by atoms with van der Waals surface area (Å²) in [6.45, 7) is -1.09. The highest BCUT2D eigenvalue weighted by Crippen LogP contribution is 2.30. The Hall–Kier alpha value is -1.34. The van der Waals surface area contributed by atoms with Crippen molar-refractivity contribution >= 4 is 46.3 Å². The molecule has 0 unspecified atom stereocenters. The maximum atomic E-state index is 11.8. The number of rotatable bonds is 8. The smallest absolute Gasteiger partial charge is 0.282 e. The summed E-state index contributed by atoms with van der Waals surface area (Å²) in [6, 6.07) is 2.11. The highest BCUT2D eigenvalue weighted by Gasteiger charge is 2.27. The normalized spacial score (nSPS) is 13.6. The van der Waals surface area contributed by atoms with Crippen LogP contribution in [0.2, 0.25) is 0 Å². The van der Waals surface area contributed by atoms with Crippen LogP contribution < -0.4 is 4.72 Å². The van der Waals surface area contributed by atoms with E-state index >= 15 is 0 Å². The Balaban J connectivity index is 3.36.